The number of aliphatic hydroxyl groups excluding tert-OH is 1. The number of hydrogen-bond acceptors (Lipinski definition) is 7. The van der Waals surface area contributed by atoms with E-state index >= 15 is 0 Å². The standard InChI is InChI=1S/C20H14O7/c21-9-6-7-19-14-8(9)2-1-3-11(14)26-20(27-19)15-12(25-19)5-4-10(22)13(15)16(23)17-18(20)24-17/h1-5,16-18,22-23H,6-7H2/t16-,17-,18-,19-,20-/m1/s1. The van der Waals surface area contributed by atoms with Crippen molar-refractivity contribution in [2.24, 2.45) is 0 Å². The van der Waals surface area contributed by atoms with E-state index in [9.17, 15) is 15.0 Å². The van der Waals surface area contributed by atoms with Gasteiger partial charge in [0.1, 0.15) is 29.5 Å². The Kier molecular flexibility index (Phi) is 2.20. The van der Waals surface area contributed by atoms with Crippen LogP contribution in [0.25, 0.3) is 0 Å². The molecule has 2 aromatic carbocycles. The molecule has 0 unspecified atom stereocenters. The van der Waals surface area contributed by atoms with E-state index in [0.29, 0.717) is 46.6 Å². The number of fused-ring (bicyclic) bond motifs is 1. The number of phenolic OH excluding ortho intramolecular Hbond substituents is 1. The summed E-state index contributed by atoms with van der Waals surface area (Å²) >= 11 is 0. The van der Waals surface area contributed by atoms with Gasteiger partial charge in [0.05, 0.1) is 11.1 Å². The fourth-order valence-electron chi connectivity index (χ4n) is 5.14. The molecule has 2 aromatic rings. The number of carbonyl (C=O) groups is 1. The summed E-state index contributed by atoms with van der Waals surface area (Å²) in [7, 11) is 0. The molecule has 136 valence electrons. The molecule has 2 spiro atoms. The number of rotatable bonds is 0. The van der Waals surface area contributed by atoms with E-state index in [1.54, 1.807) is 24.3 Å². The number of ether oxygens (including phenoxy) is 4. The molecule has 27 heavy (non-hydrogen) atoms. The second-order valence-corrected chi connectivity index (χ2v) is 7.67. The lowest BCUT2D eigenvalue weighted by Gasteiger charge is -2.54. The van der Waals surface area contributed by atoms with E-state index in [2.05, 4.69) is 0 Å². The lowest BCUT2D eigenvalue weighted by atomic mass is 9.78. The first-order valence-electron chi connectivity index (χ1n) is 8.99. The molecule has 2 N–H and O–H groups in total. The number of hydrogen-bond donors (Lipinski definition) is 2. The third kappa shape index (κ3) is 1.43. The average molecular weight is 366 g/mol. The fraction of sp³-hybridized carbons (Fsp3) is 0.350. The van der Waals surface area contributed by atoms with Crippen LogP contribution in [0, 0.1) is 0 Å². The van der Waals surface area contributed by atoms with Gasteiger partial charge in [0.25, 0.3) is 5.79 Å². The second-order valence-electron chi connectivity index (χ2n) is 7.67. The van der Waals surface area contributed by atoms with Gasteiger partial charge in [-0.05, 0) is 18.2 Å². The highest BCUT2D eigenvalue weighted by Gasteiger charge is 2.74. The van der Waals surface area contributed by atoms with E-state index in [4.69, 9.17) is 18.9 Å². The van der Waals surface area contributed by atoms with Crippen LogP contribution in [0.5, 0.6) is 17.2 Å². The smallest absolute Gasteiger partial charge is 0.274 e. The van der Waals surface area contributed by atoms with Crippen molar-refractivity contribution in [3.63, 3.8) is 0 Å². The highest BCUT2D eigenvalue weighted by molar-refractivity contribution is 5.99. The number of aromatic hydroxyl groups is 1. The lowest BCUT2D eigenvalue weighted by molar-refractivity contribution is -0.368. The normalized spacial score (nSPS) is 38.7. The van der Waals surface area contributed by atoms with Gasteiger partial charge in [-0.1, -0.05) is 12.1 Å². The van der Waals surface area contributed by atoms with Gasteiger partial charge in [-0.15, -0.1) is 0 Å². The number of carbonyl (C=O) groups excluding carboxylic acids is 1. The van der Waals surface area contributed by atoms with Crippen molar-refractivity contribution in [1.29, 1.82) is 0 Å². The Morgan fingerprint density at radius 3 is 2.81 bits per heavy atom. The number of Topliss-reactive ketones (excluding diaryl/α,β-unsaturated/α-hetero) is 1. The molecule has 7 rings (SSSR count). The highest BCUT2D eigenvalue weighted by Crippen LogP contribution is 2.66. The van der Waals surface area contributed by atoms with Crippen molar-refractivity contribution in [1.82, 2.24) is 0 Å². The highest BCUT2D eigenvalue weighted by atomic mass is 16.8. The molecule has 1 fully saturated rings. The Hall–Kier alpha value is -2.61. The van der Waals surface area contributed by atoms with Crippen LogP contribution in [-0.2, 0) is 21.0 Å². The Labute approximate surface area is 153 Å². The molecular formula is C20H14O7. The molecule has 7 heteroatoms. The van der Waals surface area contributed by atoms with Crippen LogP contribution >= 0.6 is 0 Å². The first kappa shape index (κ1) is 14.4. The quantitative estimate of drug-likeness (QED) is 0.688. The molecule has 2 bridgehead atoms. The minimum atomic E-state index is -1.32. The van der Waals surface area contributed by atoms with E-state index < -0.39 is 29.9 Å². The maximum absolute atomic E-state index is 12.4. The molecular weight excluding hydrogens is 352 g/mol. The zero-order chi connectivity index (χ0) is 18.1. The summed E-state index contributed by atoms with van der Waals surface area (Å²) in [4.78, 5) is 12.4. The summed E-state index contributed by atoms with van der Waals surface area (Å²) in [6.07, 6.45) is -1.37. The monoisotopic (exact) mass is 366 g/mol. The van der Waals surface area contributed by atoms with Gasteiger partial charge in [-0.2, -0.15) is 0 Å². The maximum Gasteiger partial charge on any atom is 0.274 e. The maximum atomic E-state index is 12.4. The number of aliphatic hydroxyl groups is 1. The minimum absolute atomic E-state index is 0.0287. The van der Waals surface area contributed by atoms with Gasteiger partial charge < -0.3 is 24.4 Å². The third-order valence-corrected chi connectivity index (χ3v) is 6.28. The van der Waals surface area contributed by atoms with Crippen molar-refractivity contribution in [2.45, 2.75) is 42.7 Å². The minimum Gasteiger partial charge on any atom is -0.508 e. The average Bonchev–Trinajstić information content (AvgIpc) is 3.46. The zero-order valence-electron chi connectivity index (χ0n) is 14.0. The van der Waals surface area contributed by atoms with Gasteiger partial charge in [-0.3, -0.25) is 9.53 Å². The summed E-state index contributed by atoms with van der Waals surface area (Å²) in [5, 5.41) is 21.0. The molecule has 3 heterocycles. The number of phenols is 1. The van der Waals surface area contributed by atoms with Crippen molar-refractivity contribution in [2.75, 3.05) is 0 Å². The SMILES string of the molecule is O=C1CC[C@]23Oc4ccc(O)c5c4[C@@](Oc4cccc1c42)(O3)[C@@H]1O[C@@H]1[C@@H]5O. The van der Waals surface area contributed by atoms with Gasteiger partial charge >= 0.3 is 0 Å². The molecule has 0 aromatic heterocycles. The zero-order valence-corrected chi connectivity index (χ0v) is 14.0. The summed E-state index contributed by atoms with van der Waals surface area (Å²) in [6.45, 7) is 0. The molecule has 7 nitrogen and oxygen atoms in total. The number of ketones is 1. The predicted molar refractivity (Wildman–Crippen MR) is 87.4 cm³/mol. The van der Waals surface area contributed by atoms with Crippen LogP contribution in [0.1, 0.15) is 46.0 Å². The van der Waals surface area contributed by atoms with Gasteiger partial charge in [-0.25, -0.2) is 0 Å². The van der Waals surface area contributed by atoms with Crippen LogP contribution in [-0.4, -0.2) is 28.2 Å². The third-order valence-electron chi connectivity index (χ3n) is 6.28. The van der Waals surface area contributed by atoms with E-state index in [-0.39, 0.29) is 11.5 Å². The second kappa shape index (κ2) is 4.11. The van der Waals surface area contributed by atoms with Crippen molar-refractivity contribution < 1.29 is 34.0 Å². The number of epoxide rings is 1. The Morgan fingerprint density at radius 1 is 1.07 bits per heavy atom. The molecule has 5 aliphatic rings. The van der Waals surface area contributed by atoms with E-state index in [1.165, 1.54) is 6.07 Å². The topological polar surface area (TPSA) is 97.8 Å². The molecule has 0 amide bonds. The first-order valence-corrected chi connectivity index (χ1v) is 8.99. The van der Waals surface area contributed by atoms with Gasteiger partial charge in [0.2, 0.25) is 5.79 Å². The first-order chi connectivity index (χ1) is 13.0. The Balaban J connectivity index is 1.58. The summed E-state index contributed by atoms with van der Waals surface area (Å²) in [6, 6.07) is 8.46. The van der Waals surface area contributed by atoms with Gasteiger partial charge in [0, 0.05) is 24.0 Å². The summed E-state index contributed by atoms with van der Waals surface area (Å²) in [5.41, 5.74) is 1.93. The van der Waals surface area contributed by atoms with Crippen LogP contribution in [0.15, 0.2) is 30.3 Å². The molecule has 0 radical (unpaired) electrons. The van der Waals surface area contributed by atoms with Crippen LogP contribution < -0.4 is 9.47 Å². The Bertz CT molecular complexity index is 1080. The van der Waals surface area contributed by atoms with Crippen LogP contribution in [0.4, 0.5) is 0 Å². The van der Waals surface area contributed by atoms with E-state index in [1.807, 2.05) is 0 Å². The fourth-order valence-corrected chi connectivity index (χ4v) is 5.14. The largest absolute Gasteiger partial charge is 0.508 e. The Morgan fingerprint density at radius 2 is 1.93 bits per heavy atom. The summed E-state index contributed by atoms with van der Waals surface area (Å²) in [5.74, 6) is -1.52. The molecule has 5 atom stereocenters. The van der Waals surface area contributed by atoms with E-state index in [0.717, 1.165) is 0 Å². The lowest BCUT2D eigenvalue weighted by Crippen LogP contribution is -2.61. The van der Waals surface area contributed by atoms with Crippen molar-refractivity contribution >= 4 is 5.78 Å². The van der Waals surface area contributed by atoms with Crippen LogP contribution in [0.3, 0.4) is 0 Å². The van der Waals surface area contributed by atoms with Crippen molar-refractivity contribution in [3.05, 3.63) is 52.6 Å². The molecule has 0 saturated carbocycles. The number of benzene rings is 2. The van der Waals surface area contributed by atoms with Crippen LogP contribution in [0.2, 0.25) is 0 Å². The molecule has 2 aliphatic carbocycles. The predicted octanol–water partition coefficient (Wildman–Crippen LogP) is 1.99. The van der Waals surface area contributed by atoms with Gasteiger partial charge in [0.15, 0.2) is 11.9 Å². The summed E-state index contributed by atoms with van der Waals surface area (Å²) < 4.78 is 24.9. The molecule has 3 aliphatic heterocycles. The van der Waals surface area contributed by atoms with Crippen molar-refractivity contribution in [3.8, 4) is 17.2 Å². The molecule has 1 saturated heterocycles.